The van der Waals surface area contributed by atoms with Crippen LogP contribution < -0.4 is 5.32 Å². The Morgan fingerprint density at radius 2 is 1.61 bits per heavy atom. The van der Waals surface area contributed by atoms with Crippen molar-refractivity contribution in [1.82, 2.24) is 5.32 Å². The van der Waals surface area contributed by atoms with Gasteiger partial charge in [0.15, 0.2) is 5.37 Å². The number of unbranched alkanes of at least 4 members (excludes halogenated alkanes) is 6. The maximum Gasteiger partial charge on any atom is 0.285 e. The summed E-state index contributed by atoms with van der Waals surface area (Å²) in [6, 6.07) is 0. The number of amides is 1. The zero-order chi connectivity index (χ0) is 14.0. The van der Waals surface area contributed by atoms with Crippen LogP contribution in [0.2, 0.25) is 0 Å². The van der Waals surface area contributed by atoms with Gasteiger partial charge in [-0.2, -0.15) is 8.42 Å². The van der Waals surface area contributed by atoms with Gasteiger partial charge in [-0.05, 0) is 13.3 Å². The molecule has 0 radical (unpaired) electrons. The summed E-state index contributed by atoms with van der Waals surface area (Å²) >= 11 is 0. The van der Waals surface area contributed by atoms with Crippen molar-refractivity contribution in [3.8, 4) is 0 Å². The Morgan fingerprint density at radius 1 is 1.11 bits per heavy atom. The molecule has 0 heterocycles. The van der Waals surface area contributed by atoms with Crippen molar-refractivity contribution >= 4 is 16.0 Å². The van der Waals surface area contributed by atoms with Crippen LogP contribution in [0.4, 0.5) is 0 Å². The van der Waals surface area contributed by atoms with E-state index < -0.39 is 15.5 Å². The van der Waals surface area contributed by atoms with Gasteiger partial charge in [0.2, 0.25) is 5.91 Å². The van der Waals surface area contributed by atoms with Gasteiger partial charge in [-0.1, -0.05) is 45.4 Å². The van der Waals surface area contributed by atoms with E-state index in [1.807, 2.05) is 0 Å². The van der Waals surface area contributed by atoms with Crippen LogP contribution in [0.1, 0.15) is 65.2 Å². The molecule has 1 atom stereocenters. The minimum Gasteiger partial charge on any atom is -0.338 e. The fraction of sp³-hybridized carbons (Fsp3) is 0.917. The molecule has 1 unspecified atom stereocenters. The van der Waals surface area contributed by atoms with Gasteiger partial charge in [-0.3, -0.25) is 9.35 Å². The highest BCUT2D eigenvalue weighted by molar-refractivity contribution is 7.86. The van der Waals surface area contributed by atoms with E-state index in [9.17, 15) is 13.2 Å². The molecular weight excluding hydrogens is 254 g/mol. The van der Waals surface area contributed by atoms with Gasteiger partial charge in [0.25, 0.3) is 10.1 Å². The number of nitrogens with one attached hydrogen (secondary N) is 1. The molecule has 0 fully saturated rings. The zero-order valence-electron chi connectivity index (χ0n) is 11.3. The normalized spacial score (nSPS) is 13.3. The third kappa shape index (κ3) is 9.41. The largest absolute Gasteiger partial charge is 0.338 e. The van der Waals surface area contributed by atoms with E-state index in [4.69, 9.17) is 4.55 Å². The molecule has 0 aromatic carbocycles. The third-order valence-corrected chi connectivity index (χ3v) is 3.83. The van der Waals surface area contributed by atoms with Gasteiger partial charge >= 0.3 is 0 Å². The molecule has 0 aromatic heterocycles. The molecule has 0 aliphatic carbocycles. The van der Waals surface area contributed by atoms with E-state index in [1.54, 1.807) is 0 Å². The Balaban J connectivity index is 3.54. The Labute approximate surface area is 110 Å². The van der Waals surface area contributed by atoms with Gasteiger partial charge in [-0.15, -0.1) is 0 Å². The summed E-state index contributed by atoms with van der Waals surface area (Å²) in [5.41, 5.74) is 0. The van der Waals surface area contributed by atoms with Gasteiger partial charge in [-0.25, -0.2) is 0 Å². The maximum absolute atomic E-state index is 11.3. The Hall–Kier alpha value is -0.620. The van der Waals surface area contributed by atoms with Gasteiger partial charge in [0.1, 0.15) is 0 Å². The highest BCUT2D eigenvalue weighted by Gasteiger charge is 2.18. The first-order valence-electron chi connectivity index (χ1n) is 6.63. The fourth-order valence-electron chi connectivity index (χ4n) is 1.62. The van der Waals surface area contributed by atoms with Crippen LogP contribution in [-0.2, 0) is 14.9 Å². The van der Waals surface area contributed by atoms with Crippen LogP contribution >= 0.6 is 0 Å². The number of rotatable bonds is 10. The lowest BCUT2D eigenvalue weighted by Gasteiger charge is -2.10. The molecule has 0 saturated heterocycles. The molecule has 0 aliphatic heterocycles. The van der Waals surface area contributed by atoms with E-state index in [0.29, 0.717) is 6.42 Å². The number of carbonyl (C=O) groups is 1. The van der Waals surface area contributed by atoms with Gasteiger partial charge in [0.05, 0.1) is 0 Å². The van der Waals surface area contributed by atoms with Crippen LogP contribution in [-0.4, -0.2) is 24.3 Å². The van der Waals surface area contributed by atoms with E-state index in [1.165, 1.54) is 32.6 Å². The topological polar surface area (TPSA) is 83.5 Å². The molecule has 18 heavy (non-hydrogen) atoms. The number of carbonyl (C=O) groups excluding carboxylic acids is 1. The van der Waals surface area contributed by atoms with Crippen LogP contribution in [0.15, 0.2) is 0 Å². The third-order valence-electron chi connectivity index (χ3n) is 2.82. The highest BCUT2D eigenvalue weighted by Crippen LogP contribution is 2.08. The second kappa shape index (κ2) is 9.33. The maximum atomic E-state index is 11.3. The highest BCUT2D eigenvalue weighted by atomic mass is 32.2. The molecule has 0 aromatic rings. The molecular formula is C12H25NO4S. The quantitative estimate of drug-likeness (QED) is 0.475. The minimum atomic E-state index is -4.18. The van der Waals surface area contributed by atoms with Gasteiger partial charge < -0.3 is 5.32 Å². The first kappa shape index (κ1) is 17.4. The van der Waals surface area contributed by atoms with Crippen LogP contribution in [0.5, 0.6) is 0 Å². The van der Waals surface area contributed by atoms with E-state index >= 15 is 0 Å². The molecule has 2 N–H and O–H groups in total. The molecule has 0 saturated carbocycles. The van der Waals surface area contributed by atoms with Crippen molar-refractivity contribution in [1.29, 1.82) is 0 Å². The Bertz CT molecular complexity index is 327. The van der Waals surface area contributed by atoms with Crippen molar-refractivity contribution in [3.05, 3.63) is 0 Å². The first-order chi connectivity index (χ1) is 8.38. The van der Waals surface area contributed by atoms with Crippen molar-refractivity contribution in [2.45, 2.75) is 70.6 Å². The molecule has 1 amide bonds. The minimum absolute atomic E-state index is 0.313. The summed E-state index contributed by atoms with van der Waals surface area (Å²) in [5.74, 6) is -0.325. The zero-order valence-corrected chi connectivity index (χ0v) is 12.1. The lowest BCUT2D eigenvalue weighted by molar-refractivity contribution is -0.121. The van der Waals surface area contributed by atoms with Crippen molar-refractivity contribution < 1.29 is 17.8 Å². The van der Waals surface area contributed by atoms with Crippen molar-refractivity contribution in [2.75, 3.05) is 0 Å². The average Bonchev–Trinajstić information content (AvgIpc) is 2.26. The molecule has 0 bridgehead atoms. The lowest BCUT2D eigenvalue weighted by Crippen LogP contribution is -2.37. The molecule has 0 aliphatic rings. The van der Waals surface area contributed by atoms with Gasteiger partial charge in [0, 0.05) is 6.42 Å². The fourth-order valence-corrected chi connectivity index (χ4v) is 1.90. The molecule has 6 heteroatoms. The Morgan fingerprint density at radius 3 is 2.11 bits per heavy atom. The van der Waals surface area contributed by atoms with E-state index in [-0.39, 0.29) is 5.91 Å². The van der Waals surface area contributed by atoms with E-state index in [2.05, 4.69) is 12.2 Å². The molecule has 0 spiro atoms. The predicted octanol–water partition coefficient (Wildman–Crippen LogP) is 2.48. The predicted molar refractivity (Wildman–Crippen MR) is 71.8 cm³/mol. The summed E-state index contributed by atoms with van der Waals surface area (Å²) in [5, 5.41) is 1.03. The second-order valence-corrected chi connectivity index (χ2v) is 6.33. The summed E-state index contributed by atoms with van der Waals surface area (Å²) < 4.78 is 30.1. The standard InChI is InChI=1S/C12H25NO4S/c1-3-4-5-6-7-8-9-10-12(14)13-11(2)18(15,16)17/h11H,3-10H2,1-2H3,(H,13,14)(H,15,16,17). The van der Waals surface area contributed by atoms with E-state index in [0.717, 1.165) is 19.3 Å². The summed E-state index contributed by atoms with van der Waals surface area (Å²) in [7, 11) is -4.18. The molecule has 108 valence electrons. The van der Waals surface area contributed by atoms with Crippen LogP contribution in [0.25, 0.3) is 0 Å². The number of hydrogen-bond acceptors (Lipinski definition) is 3. The Kier molecular flexibility index (Phi) is 9.01. The summed E-state index contributed by atoms with van der Waals surface area (Å²) in [6.45, 7) is 3.42. The van der Waals surface area contributed by atoms with Crippen LogP contribution in [0.3, 0.4) is 0 Å². The first-order valence-corrected chi connectivity index (χ1v) is 8.14. The smallest absolute Gasteiger partial charge is 0.285 e. The molecule has 0 rings (SSSR count). The number of hydrogen-bond donors (Lipinski definition) is 2. The van der Waals surface area contributed by atoms with Crippen molar-refractivity contribution in [2.24, 2.45) is 0 Å². The summed E-state index contributed by atoms with van der Waals surface area (Å²) in [6.07, 6.45) is 8.07. The van der Waals surface area contributed by atoms with Crippen LogP contribution in [0, 0.1) is 0 Å². The second-order valence-electron chi connectivity index (χ2n) is 4.60. The summed E-state index contributed by atoms with van der Waals surface area (Å²) in [4.78, 5) is 11.3. The lowest BCUT2D eigenvalue weighted by atomic mass is 10.1. The monoisotopic (exact) mass is 279 g/mol. The van der Waals surface area contributed by atoms with Crippen molar-refractivity contribution in [3.63, 3.8) is 0 Å². The molecule has 5 nitrogen and oxygen atoms in total. The SMILES string of the molecule is CCCCCCCCCC(=O)NC(C)S(=O)(=O)O. The average molecular weight is 279 g/mol.